The number of rotatable bonds is 3. The van der Waals surface area contributed by atoms with Gasteiger partial charge in [-0.1, -0.05) is 0 Å². The quantitative estimate of drug-likeness (QED) is 0.927. The third kappa shape index (κ3) is 3.77. The van der Waals surface area contributed by atoms with Crippen LogP contribution in [0.25, 0.3) is 0 Å². The molecule has 0 radical (unpaired) electrons. The van der Waals surface area contributed by atoms with Crippen molar-refractivity contribution >= 4 is 5.91 Å². The molecular weight excluding hydrogens is 309 g/mol. The van der Waals surface area contributed by atoms with Crippen molar-refractivity contribution in [2.45, 2.75) is 50.2 Å². The second-order valence-corrected chi connectivity index (χ2v) is 6.25. The van der Waals surface area contributed by atoms with Gasteiger partial charge in [-0.05, 0) is 49.9 Å². The Labute approximate surface area is 132 Å². The zero-order valence-electron chi connectivity index (χ0n) is 12.8. The first kappa shape index (κ1) is 16.1. The maximum atomic E-state index is 12.5. The molecule has 1 amide bonds. The molecule has 2 atom stereocenters. The molecule has 0 aliphatic carbocycles. The maximum Gasteiger partial charge on any atom is 0.573 e. The lowest BCUT2D eigenvalue weighted by molar-refractivity contribution is -0.274. The number of hydrogen-bond donors (Lipinski definition) is 1. The minimum absolute atomic E-state index is 0.171. The highest BCUT2D eigenvalue weighted by molar-refractivity contribution is 5.94. The Morgan fingerprint density at radius 1 is 1.17 bits per heavy atom. The monoisotopic (exact) mass is 328 g/mol. The Bertz CT molecular complexity index is 562. The summed E-state index contributed by atoms with van der Waals surface area (Å²) in [6.45, 7) is 0. The molecule has 23 heavy (non-hydrogen) atoms. The number of piperidine rings is 1. The van der Waals surface area contributed by atoms with Gasteiger partial charge < -0.3 is 15.0 Å². The molecule has 4 nitrogen and oxygen atoms in total. The van der Waals surface area contributed by atoms with E-state index in [0.717, 1.165) is 25.7 Å². The number of nitrogens with one attached hydrogen (secondary N) is 1. The molecule has 0 spiro atoms. The van der Waals surface area contributed by atoms with Crippen LogP contribution in [0.1, 0.15) is 36.0 Å². The highest BCUT2D eigenvalue weighted by atomic mass is 19.4. The molecule has 2 aliphatic rings. The molecule has 2 unspecified atom stereocenters. The van der Waals surface area contributed by atoms with Gasteiger partial charge in [-0.15, -0.1) is 13.2 Å². The summed E-state index contributed by atoms with van der Waals surface area (Å²) in [6.07, 6.45) is -0.585. The molecule has 0 aromatic heterocycles. The summed E-state index contributed by atoms with van der Waals surface area (Å²) in [6, 6.07) is 6.19. The van der Waals surface area contributed by atoms with Gasteiger partial charge >= 0.3 is 6.36 Å². The Balaban J connectivity index is 1.65. The minimum atomic E-state index is -4.73. The lowest BCUT2D eigenvalue weighted by Crippen LogP contribution is -2.48. The molecule has 2 saturated heterocycles. The molecule has 2 heterocycles. The summed E-state index contributed by atoms with van der Waals surface area (Å²) in [5.41, 5.74) is 0.368. The van der Waals surface area contributed by atoms with Crippen LogP contribution < -0.4 is 10.1 Å². The van der Waals surface area contributed by atoms with Gasteiger partial charge in [0.15, 0.2) is 0 Å². The van der Waals surface area contributed by atoms with Gasteiger partial charge in [0.25, 0.3) is 5.91 Å². The summed E-state index contributed by atoms with van der Waals surface area (Å²) in [4.78, 5) is 14.2. The maximum absolute atomic E-state index is 12.5. The SMILES string of the molecule is CN(C(=O)c1ccc(OC(F)(F)F)cc1)C1CC2CCC(C1)N2. The highest BCUT2D eigenvalue weighted by Gasteiger charge is 2.36. The number of alkyl halides is 3. The van der Waals surface area contributed by atoms with Crippen LogP contribution in [0.4, 0.5) is 13.2 Å². The van der Waals surface area contributed by atoms with E-state index < -0.39 is 6.36 Å². The van der Waals surface area contributed by atoms with Gasteiger partial charge in [-0.3, -0.25) is 4.79 Å². The number of carbonyl (C=O) groups excluding carboxylic acids is 1. The van der Waals surface area contributed by atoms with Crippen molar-refractivity contribution in [3.8, 4) is 5.75 Å². The average molecular weight is 328 g/mol. The second kappa shape index (κ2) is 6.03. The highest BCUT2D eigenvalue weighted by Crippen LogP contribution is 2.30. The van der Waals surface area contributed by atoms with Gasteiger partial charge in [0.05, 0.1) is 0 Å². The van der Waals surface area contributed by atoms with Gasteiger partial charge in [-0.2, -0.15) is 0 Å². The first-order valence-electron chi connectivity index (χ1n) is 7.71. The predicted octanol–water partition coefficient (Wildman–Crippen LogP) is 2.94. The fraction of sp³-hybridized carbons (Fsp3) is 0.562. The Hall–Kier alpha value is -1.76. The van der Waals surface area contributed by atoms with Crippen molar-refractivity contribution in [2.24, 2.45) is 0 Å². The largest absolute Gasteiger partial charge is 0.573 e. The number of hydrogen-bond acceptors (Lipinski definition) is 3. The summed E-state index contributed by atoms with van der Waals surface area (Å²) in [5.74, 6) is -0.494. The van der Waals surface area contributed by atoms with Crippen LogP contribution in [-0.4, -0.2) is 42.3 Å². The third-order valence-corrected chi connectivity index (χ3v) is 4.65. The predicted molar refractivity (Wildman–Crippen MR) is 78.2 cm³/mol. The van der Waals surface area contributed by atoms with Gasteiger partial charge in [0.1, 0.15) is 5.75 Å². The van der Waals surface area contributed by atoms with Crippen molar-refractivity contribution in [1.82, 2.24) is 10.2 Å². The first-order valence-corrected chi connectivity index (χ1v) is 7.71. The summed E-state index contributed by atoms with van der Waals surface area (Å²) in [7, 11) is 1.76. The van der Waals surface area contributed by atoms with E-state index in [0.29, 0.717) is 17.6 Å². The zero-order chi connectivity index (χ0) is 16.6. The fourth-order valence-electron chi connectivity index (χ4n) is 3.51. The number of amides is 1. The van der Waals surface area contributed by atoms with Crippen LogP contribution in [0.15, 0.2) is 24.3 Å². The van der Waals surface area contributed by atoms with Crippen molar-refractivity contribution in [2.75, 3.05) is 7.05 Å². The van der Waals surface area contributed by atoms with E-state index in [-0.39, 0.29) is 17.7 Å². The number of ether oxygens (including phenoxy) is 1. The number of nitrogens with zero attached hydrogens (tertiary/aromatic N) is 1. The lowest BCUT2D eigenvalue weighted by atomic mass is 9.98. The molecule has 1 N–H and O–H groups in total. The van der Waals surface area contributed by atoms with Crippen LogP contribution in [0, 0.1) is 0 Å². The van der Waals surface area contributed by atoms with Crippen molar-refractivity contribution < 1.29 is 22.7 Å². The van der Waals surface area contributed by atoms with Crippen LogP contribution in [0.5, 0.6) is 5.75 Å². The van der Waals surface area contributed by atoms with Crippen LogP contribution >= 0.6 is 0 Å². The van der Waals surface area contributed by atoms with Gasteiger partial charge in [0.2, 0.25) is 0 Å². The van der Waals surface area contributed by atoms with E-state index in [1.165, 1.54) is 24.3 Å². The molecule has 1 aromatic carbocycles. The standard InChI is InChI=1S/C16H19F3N2O2/c1-21(13-8-11-4-5-12(9-13)20-11)15(22)10-2-6-14(7-3-10)23-16(17,18)19/h2-3,6-7,11-13,20H,4-5,8-9H2,1H3. The van der Waals surface area contributed by atoms with E-state index in [9.17, 15) is 18.0 Å². The molecule has 126 valence electrons. The van der Waals surface area contributed by atoms with E-state index in [1.807, 2.05) is 0 Å². The van der Waals surface area contributed by atoms with Gasteiger partial charge in [0, 0.05) is 30.7 Å². The number of benzene rings is 1. The topological polar surface area (TPSA) is 41.6 Å². The molecule has 1 aromatic rings. The Morgan fingerprint density at radius 2 is 1.74 bits per heavy atom. The normalized spacial score (nSPS) is 26.9. The summed E-state index contributed by atoms with van der Waals surface area (Å²) >= 11 is 0. The summed E-state index contributed by atoms with van der Waals surface area (Å²) < 4.78 is 40.3. The van der Waals surface area contributed by atoms with E-state index >= 15 is 0 Å². The molecule has 3 rings (SSSR count). The first-order chi connectivity index (χ1) is 10.8. The van der Waals surface area contributed by atoms with E-state index in [4.69, 9.17) is 0 Å². The van der Waals surface area contributed by atoms with Crippen molar-refractivity contribution in [3.05, 3.63) is 29.8 Å². The molecule has 2 aliphatic heterocycles. The van der Waals surface area contributed by atoms with Crippen molar-refractivity contribution in [3.63, 3.8) is 0 Å². The molecule has 7 heteroatoms. The van der Waals surface area contributed by atoms with Crippen molar-refractivity contribution in [1.29, 1.82) is 0 Å². The molecule has 2 bridgehead atoms. The zero-order valence-corrected chi connectivity index (χ0v) is 12.8. The molecule has 2 fully saturated rings. The summed E-state index contributed by atoms with van der Waals surface area (Å²) in [5, 5.41) is 3.52. The van der Waals surface area contributed by atoms with Crippen LogP contribution in [0.2, 0.25) is 0 Å². The van der Waals surface area contributed by atoms with E-state index in [1.54, 1.807) is 11.9 Å². The fourth-order valence-corrected chi connectivity index (χ4v) is 3.51. The number of carbonyl (C=O) groups is 1. The third-order valence-electron chi connectivity index (χ3n) is 4.65. The average Bonchev–Trinajstić information content (AvgIpc) is 2.83. The second-order valence-electron chi connectivity index (χ2n) is 6.25. The Kier molecular flexibility index (Phi) is 4.23. The smallest absolute Gasteiger partial charge is 0.406 e. The van der Waals surface area contributed by atoms with Crippen LogP contribution in [0.3, 0.4) is 0 Å². The van der Waals surface area contributed by atoms with E-state index in [2.05, 4.69) is 10.1 Å². The van der Waals surface area contributed by atoms with Crippen LogP contribution in [-0.2, 0) is 0 Å². The molecule has 0 saturated carbocycles. The lowest BCUT2D eigenvalue weighted by Gasteiger charge is -2.35. The number of halogens is 3. The number of fused-ring (bicyclic) bond motifs is 2. The molecular formula is C16H19F3N2O2. The minimum Gasteiger partial charge on any atom is -0.406 e. The Morgan fingerprint density at radius 3 is 2.26 bits per heavy atom. The van der Waals surface area contributed by atoms with Gasteiger partial charge in [-0.25, -0.2) is 0 Å².